The van der Waals surface area contributed by atoms with Crippen LogP contribution in [0.15, 0.2) is 11.0 Å². The SMILES string of the molecule is O=C1CCN(c2c(F)c(O)c3c(=O)c(C(=O)O)cn(C4CC4)c3c2F)CC1. The summed E-state index contributed by atoms with van der Waals surface area (Å²) in [6.45, 7) is 0.191. The van der Waals surface area contributed by atoms with Crippen molar-refractivity contribution in [2.75, 3.05) is 18.0 Å². The number of aromatic carboxylic acids is 1. The van der Waals surface area contributed by atoms with Crippen LogP contribution in [0.4, 0.5) is 14.5 Å². The van der Waals surface area contributed by atoms with E-state index >= 15 is 4.39 Å². The van der Waals surface area contributed by atoms with Gasteiger partial charge in [0.15, 0.2) is 17.4 Å². The minimum absolute atomic E-state index is 0.0157. The lowest BCUT2D eigenvalue weighted by Gasteiger charge is -2.29. The zero-order valence-corrected chi connectivity index (χ0v) is 14.2. The molecule has 1 aliphatic heterocycles. The number of hydrogen-bond acceptors (Lipinski definition) is 5. The second-order valence-corrected chi connectivity index (χ2v) is 6.89. The van der Waals surface area contributed by atoms with Gasteiger partial charge in [0, 0.05) is 38.2 Å². The number of fused-ring (bicyclic) bond motifs is 1. The molecule has 0 atom stereocenters. The number of benzene rings is 1. The molecule has 0 amide bonds. The molecule has 2 N–H and O–H groups in total. The Morgan fingerprint density at radius 1 is 1.11 bits per heavy atom. The number of ketones is 1. The molecule has 1 aromatic heterocycles. The van der Waals surface area contributed by atoms with Crippen LogP contribution in [0.1, 0.15) is 42.1 Å². The molecule has 0 radical (unpaired) electrons. The van der Waals surface area contributed by atoms with Crippen molar-refractivity contribution in [1.82, 2.24) is 4.57 Å². The van der Waals surface area contributed by atoms with Gasteiger partial charge in [0.25, 0.3) is 0 Å². The molecule has 2 heterocycles. The van der Waals surface area contributed by atoms with Crippen LogP contribution in [0.5, 0.6) is 5.75 Å². The second-order valence-electron chi connectivity index (χ2n) is 6.89. The number of nitrogens with zero attached hydrogens (tertiary/aromatic N) is 2. The molecule has 0 bridgehead atoms. The van der Waals surface area contributed by atoms with Crippen LogP contribution in [0, 0.1) is 11.6 Å². The molecule has 0 spiro atoms. The summed E-state index contributed by atoms with van der Waals surface area (Å²) in [4.78, 5) is 36.6. The number of pyridine rings is 1. The number of rotatable bonds is 3. The molecule has 1 aromatic carbocycles. The fourth-order valence-corrected chi connectivity index (χ4v) is 3.56. The number of carbonyl (C=O) groups excluding carboxylic acids is 1. The molecule has 7 nitrogen and oxygen atoms in total. The van der Waals surface area contributed by atoms with Crippen molar-refractivity contribution in [3.05, 3.63) is 33.6 Å². The number of phenols is 1. The first-order valence-electron chi connectivity index (χ1n) is 8.60. The highest BCUT2D eigenvalue weighted by Crippen LogP contribution is 2.43. The highest BCUT2D eigenvalue weighted by Gasteiger charge is 2.34. The lowest BCUT2D eigenvalue weighted by molar-refractivity contribution is -0.119. The largest absolute Gasteiger partial charge is 0.504 e. The highest BCUT2D eigenvalue weighted by molar-refractivity contribution is 5.97. The smallest absolute Gasteiger partial charge is 0.341 e. The van der Waals surface area contributed by atoms with E-state index in [4.69, 9.17) is 0 Å². The number of piperidine rings is 1. The molecule has 142 valence electrons. The Hall–Kier alpha value is -2.97. The molecule has 2 fully saturated rings. The van der Waals surface area contributed by atoms with E-state index in [0.717, 1.165) is 6.20 Å². The fraction of sp³-hybridized carbons (Fsp3) is 0.389. The molecule has 9 heteroatoms. The van der Waals surface area contributed by atoms with Gasteiger partial charge in [-0.1, -0.05) is 0 Å². The van der Waals surface area contributed by atoms with Gasteiger partial charge in [-0.15, -0.1) is 0 Å². The number of aromatic nitrogens is 1. The molecule has 27 heavy (non-hydrogen) atoms. The Bertz CT molecular complexity index is 1050. The average molecular weight is 378 g/mol. The number of carboxylic acid groups (broad SMARTS) is 1. The summed E-state index contributed by atoms with van der Waals surface area (Å²) in [6.07, 6.45) is 2.62. The first-order chi connectivity index (χ1) is 12.8. The third kappa shape index (κ3) is 2.65. The van der Waals surface area contributed by atoms with Gasteiger partial charge in [0.05, 0.1) is 10.9 Å². The van der Waals surface area contributed by atoms with Crippen molar-refractivity contribution in [2.45, 2.75) is 31.7 Å². The summed E-state index contributed by atoms with van der Waals surface area (Å²) in [5.41, 5.74) is -2.59. The topological polar surface area (TPSA) is 99.8 Å². The summed E-state index contributed by atoms with van der Waals surface area (Å²) in [7, 11) is 0. The van der Waals surface area contributed by atoms with Crippen LogP contribution < -0.4 is 10.3 Å². The van der Waals surface area contributed by atoms with Crippen LogP contribution >= 0.6 is 0 Å². The summed E-state index contributed by atoms with van der Waals surface area (Å²) < 4.78 is 31.5. The third-order valence-corrected chi connectivity index (χ3v) is 5.11. The third-order valence-electron chi connectivity index (χ3n) is 5.11. The number of carbonyl (C=O) groups is 2. The molecule has 0 unspecified atom stereocenters. The first-order valence-corrected chi connectivity index (χ1v) is 8.60. The van der Waals surface area contributed by atoms with Crippen molar-refractivity contribution in [3.8, 4) is 5.75 Å². The van der Waals surface area contributed by atoms with Crippen LogP contribution in [-0.2, 0) is 4.79 Å². The first kappa shape index (κ1) is 17.4. The van der Waals surface area contributed by atoms with Crippen molar-refractivity contribution in [3.63, 3.8) is 0 Å². The highest BCUT2D eigenvalue weighted by atomic mass is 19.1. The minimum atomic E-state index is -1.53. The summed E-state index contributed by atoms with van der Waals surface area (Å²) in [6, 6.07) is -0.221. The van der Waals surface area contributed by atoms with Crippen molar-refractivity contribution < 1.29 is 28.6 Å². The average Bonchev–Trinajstić information content (AvgIpc) is 3.46. The number of phenolic OH excluding ortho intramolecular Hbond substituents is 1. The van der Waals surface area contributed by atoms with Crippen LogP contribution in [0.25, 0.3) is 10.9 Å². The number of Topliss-reactive ketones (excluding diaryl/α,β-unsaturated/α-hetero) is 1. The van der Waals surface area contributed by atoms with Gasteiger partial charge in [-0.25, -0.2) is 13.6 Å². The Morgan fingerprint density at radius 3 is 2.30 bits per heavy atom. The summed E-state index contributed by atoms with van der Waals surface area (Å²) in [5, 5.41) is 18.9. The molecule has 2 aliphatic rings. The Labute approximate surface area is 151 Å². The quantitative estimate of drug-likeness (QED) is 0.849. The molecule has 1 saturated carbocycles. The van der Waals surface area contributed by atoms with E-state index in [1.165, 1.54) is 9.47 Å². The summed E-state index contributed by atoms with van der Waals surface area (Å²) in [5.74, 6) is -4.97. The van der Waals surface area contributed by atoms with Gasteiger partial charge in [0.1, 0.15) is 17.0 Å². The van der Waals surface area contributed by atoms with Crippen LogP contribution in [0.3, 0.4) is 0 Å². The van der Waals surface area contributed by atoms with Gasteiger partial charge >= 0.3 is 5.97 Å². The molecule has 1 aliphatic carbocycles. The standard InChI is InChI=1S/C18H16F2N2O5/c19-12-14-11(16(24)10(18(26)27)7-22(14)8-1-2-8)17(25)13(20)15(12)21-5-3-9(23)4-6-21/h7-8,25H,1-6H2,(H,26,27). The van der Waals surface area contributed by atoms with Gasteiger partial charge in [-0.2, -0.15) is 0 Å². The monoisotopic (exact) mass is 378 g/mol. The van der Waals surface area contributed by atoms with Gasteiger partial charge in [-0.3, -0.25) is 9.59 Å². The van der Waals surface area contributed by atoms with Gasteiger partial charge < -0.3 is 19.7 Å². The molecular weight excluding hydrogens is 362 g/mol. The lowest BCUT2D eigenvalue weighted by Crippen LogP contribution is -2.35. The number of carboxylic acids is 1. The van der Waals surface area contributed by atoms with Crippen LogP contribution in [0.2, 0.25) is 0 Å². The predicted molar refractivity (Wildman–Crippen MR) is 91.5 cm³/mol. The number of anilines is 1. The van der Waals surface area contributed by atoms with E-state index in [0.29, 0.717) is 12.8 Å². The zero-order valence-electron chi connectivity index (χ0n) is 14.2. The maximum atomic E-state index is 15.4. The second kappa shape index (κ2) is 6.04. The minimum Gasteiger partial charge on any atom is -0.504 e. The number of halogens is 2. The Kier molecular flexibility index (Phi) is 3.90. The summed E-state index contributed by atoms with van der Waals surface area (Å²) >= 11 is 0. The molecule has 1 saturated heterocycles. The van der Waals surface area contributed by atoms with Crippen molar-refractivity contribution in [1.29, 1.82) is 0 Å². The zero-order chi connectivity index (χ0) is 19.5. The van der Waals surface area contributed by atoms with E-state index in [2.05, 4.69) is 0 Å². The van der Waals surface area contributed by atoms with E-state index in [9.17, 15) is 29.0 Å². The predicted octanol–water partition coefficient (Wildman–Crippen LogP) is 2.19. The van der Waals surface area contributed by atoms with Crippen LogP contribution in [-0.4, -0.2) is 39.6 Å². The maximum absolute atomic E-state index is 15.4. The van der Waals surface area contributed by atoms with Crippen molar-refractivity contribution in [2.24, 2.45) is 0 Å². The van der Waals surface area contributed by atoms with E-state index in [1.807, 2.05) is 0 Å². The molecule has 4 rings (SSSR count). The van der Waals surface area contributed by atoms with E-state index < -0.39 is 45.4 Å². The van der Waals surface area contributed by atoms with Crippen molar-refractivity contribution >= 4 is 28.3 Å². The molecule has 2 aromatic rings. The lowest BCUT2D eigenvalue weighted by atomic mass is 10.0. The number of hydrogen-bond donors (Lipinski definition) is 2. The molecular formula is C18H16F2N2O5. The number of aromatic hydroxyl groups is 1. The normalized spacial score (nSPS) is 17.6. The van der Waals surface area contributed by atoms with E-state index in [-0.39, 0.29) is 43.3 Å². The Balaban J connectivity index is 2.05. The fourth-order valence-electron chi connectivity index (χ4n) is 3.56. The van der Waals surface area contributed by atoms with Gasteiger partial charge in [-0.05, 0) is 12.8 Å². The maximum Gasteiger partial charge on any atom is 0.341 e. The van der Waals surface area contributed by atoms with E-state index in [1.54, 1.807) is 0 Å². The van der Waals surface area contributed by atoms with Gasteiger partial charge in [0.2, 0.25) is 5.43 Å². The Morgan fingerprint density at radius 2 is 1.74 bits per heavy atom.